The number of ether oxygens (including phenoxy) is 1. The van der Waals surface area contributed by atoms with E-state index in [0.717, 1.165) is 26.9 Å². The molecule has 8 heteroatoms. The molecule has 1 saturated heterocycles. The second-order valence-electron chi connectivity index (χ2n) is 8.22. The number of carbonyl (C=O) groups is 4. The lowest BCUT2D eigenvalue weighted by Gasteiger charge is -2.23. The summed E-state index contributed by atoms with van der Waals surface area (Å²) in [4.78, 5) is 51.3. The Morgan fingerprint density at radius 1 is 1.13 bits per heavy atom. The number of nitrogens with zero attached hydrogens (tertiary/aromatic N) is 1. The second-order valence-corrected chi connectivity index (χ2v) is 9.08. The molecule has 3 amide bonds. The molecule has 1 aliphatic heterocycles. The van der Waals surface area contributed by atoms with Gasteiger partial charge in [0.25, 0.3) is 5.91 Å². The lowest BCUT2D eigenvalue weighted by atomic mass is 9.85. The summed E-state index contributed by atoms with van der Waals surface area (Å²) in [6, 6.07) is 2.53. The summed E-state index contributed by atoms with van der Waals surface area (Å²) in [5, 5.41) is 2.72. The summed E-state index contributed by atoms with van der Waals surface area (Å²) < 4.78 is 6.05. The van der Waals surface area contributed by atoms with Crippen LogP contribution in [0.5, 0.6) is 0 Å². The smallest absolute Gasteiger partial charge is 0.329 e. The van der Waals surface area contributed by atoms with Crippen LogP contribution < -0.4 is 5.32 Å². The highest BCUT2D eigenvalue weighted by Crippen LogP contribution is 2.52. The van der Waals surface area contributed by atoms with Gasteiger partial charge in [0.05, 0.1) is 11.8 Å². The Hall–Kier alpha value is -2.48. The molecule has 2 fully saturated rings. The highest BCUT2D eigenvalue weighted by Gasteiger charge is 2.60. The summed E-state index contributed by atoms with van der Waals surface area (Å²) in [6.45, 7) is 4.79. The number of rotatable bonds is 5. The molecule has 30 heavy (non-hydrogen) atoms. The van der Waals surface area contributed by atoms with E-state index in [-0.39, 0.29) is 35.5 Å². The average Bonchev–Trinajstić information content (AvgIpc) is 3.40. The zero-order valence-corrected chi connectivity index (χ0v) is 18.6. The largest absolute Gasteiger partial charge is 0.454 e. The lowest BCUT2D eigenvalue weighted by Crippen LogP contribution is -2.45. The molecule has 1 aromatic carbocycles. The first-order valence-corrected chi connectivity index (χ1v) is 10.8. The zero-order chi connectivity index (χ0) is 21.7. The van der Waals surface area contributed by atoms with Crippen LogP contribution in [0.25, 0.3) is 0 Å². The first-order valence-electron chi connectivity index (χ1n) is 9.98. The molecule has 3 aliphatic rings. The monoisotopic (exact) mass is 474 g/mol. The van der Waals surface area contributed by atoms with Crippen LogP contribution in [0.2, 0.25) is 0 Å². The number of amides is 3. The maximum Gasteiger partial charge on any atom is 0.329 e. The molecule has 2 bridgehead atoms. The normalized spacial score (nSPS) is 27.4. The van der Waals surface area contributed by atoms with Crippen molar-refractivity contribution in [2.24, 2.45) is 23.7 Å². The van der Waals surface area contributed by atoms with Crippen molar-refractivity contribution in [2.75, 3.05) is 11.9 Å². The minimum absolute atomic E-state index is 0.0769. The van der Waals surface area contributed by atoms with E-state index < -0.39 is 24.5 Å². The Labute approximate surface area is 183 Å². The van der Waals surface area contributed by atoms with Gasteiger partial charge in [0.1, 0.15) is 6.04 Å². The SMILES string of the molecule is Cc1c(Br)ccc(NC(=O)COC(=O)[C@@H](C)N2C(=O)[C@@H]3[C@H](C2=O)[C@H]2C=C[C@H]3C2)c1C. The van der Waals surface area contributed by atoms with E-state index in [1.54, 1.807) is 6.07 Å². The van der Waals surface area contributed by atoms with E-state index in [4.69, 9.17) is 4.74 Å². The summed E-state index contributed by atoms with van der Waals surface area (Å²) in [6.07, 6.45) is 4.83. The minimum atomic E-state index is -1.06. The number of hydrogen-bond donors (Lipinski definition) is 1. The van der Waals surface area contributed by atoms with Gasteiger partial charge < -0.3 is 10.1 Å². The van der Waals surface area contributed by atoms with Crippen molar-refractivity contribution in [1.82, 2.24) is 4.90 Å². The predicted molar refractivity (Wildman–Crippen MR) is 112 cm³/mol. The standard InChI is InChI=1S/C22H23BrN2O5/c1-10-11(2)16(7-6-15(10)23)24-17(26)9-30-22(29)12(3)25-20(27)18-13-4-5-14(8-13)19(18)21(25)28/h4-7,12-14,18-19H,8-9H2,1-3H3,(H,24,26)/t12-,13+,14+,18-,19+/m1/s1. The van der Waals surface area contributed by atoms with Gasteiger partial charge in [-0.1, -0.05) is 28.1 Å². The topological polar surface area (TPSA) is 92.8 Å². The molecule has 1 saturated carbocycles. The molecule has 2 aliphatic carbocycles. The molecule has 7 nitrogen and oxygen atoms in total. The number of benzene rings is 1. The fraction of sp³-hybridized carbons (Fsp3) is 0.455. The van der Waals surface area contributed by atoms with Gasteiger partial charge >= 0.3 is 5.97 Å². The number of carbonyl (C=O) groups excluding carboxylic acids is 4. The fourth-order valence-corrected chi connectivity index (χ4v) is 5.21. The van der Waals surface area contributed by atoms with Crippen LogP contribution in [-0.4, -0.2) is 41.2 Å². The van der Waals surface area contributed by atoms with Crippen molar-refractivity contribution in [3.8, 4) is 0 Å². The number of fused-ring (bicyclic) bond motifs is 5. The third kappa shape index (κ3) is 3.27. The molecular weight excluding hydrogens is 452 g/mol. The number of nitrogens with one attached hydrogen (secondary N) is 1. The van der Waals surface area contributed by atoms with E-state index in [1.165, 1.54) is 6.92 Å². The predicted octanol–water partition coefficient (Wildman–Crippen LogP) is 2.74. The van der Waals surface area contributed by atoms with E-state index in [0.29, 0.717) is 5.69 Å². The molecule has 1 aromatic rings. The average molecular weight is 475 g/mol. The van der Waals surface area contributed by atoms with Crippen molar-refractivity contribution in [3.05, 3.63) is 39.9 Å². The number of esters is 1. The van der Waals surface area contributed by atoms with Crippen LogP contribution in [0.3, 0.4) is 0 Å². The molecule has 0 radical (unpaired) electrons. The number of halogens is 1. The number of hydrogen-bond acceptors (Lipinski definition) is 5. The number of allylic oxidation sites excluding steroid dienone is 2. The van der Waals surface area contributed by atoms with Gasteiger partial charge in [0.2, 0.25) is 11.8 Å². The molecule has 0 spiro atoms. The summed E-state index contributed by atoms with van der Waals surface area (Å²) >= 11 is 3.44. The van der Waals surface area contributed by atoms with Gasteiger partial charge in [0.15, 0.2) is 6.61 Å². The maximum absolute atomic E-state index is 12.8. The van der Waals surface area contributed by atoms with Crippen LogP contribution >= 0.6 is 15.9 Å². The van der Waals surface area contributed by atoms with E-state index in [2.05, 4.69) is 21.2 Å². The molecule has 1 N–H and O–H groups in total. The second kappa shape index (κ2) is 7.65. The van der Waals surface area contributed by atoms with Crippen molar-refractivity contribution in [3.63, 3.8) is 0 Å². The van der Waals surface area contributed by atoms with Gasteiger partial charge in [0, 0.05) is 10.2 Å². The highest BCUT2D eigenvalue weighted by atomic mass is 79.9. The van der Waals surface area contributed by atoms with Gasteiger partial charge in [-0.3, -0.25) is 19.3 Å². The zero-order valence-electron chi connectivity index (χ0n) is 17.0. The van der Waals surface area contributed by atoms with E-state index >= 15 is 0 Å². The van der Waals surface area contributed by atoms with Crippen molar-refractivity contribution < 1.29 is 23.9 Å². The summed E-state index contributed by atoms with van der Waals surface area (Å²) in [5.41, 5.74) is 2.53. The van der Waals surface area contributed by atoms with Gasteiger partial charge in [-0.25, -0.2) is 4.79 Å². The third-order valence-corrected chi connectivity index (χ3v) is 7.43. The van der Waals surface area contributed by atoms with Crippen LogP contribution in [0.15, 0.2) is 28.8 Å². The number of likely N-dealkylation sites (tertiary alicyclic amines) is 1. The molecule has 5 atom stereocenters. The molecule has 0 aromatic heterocycles. The molecule has 158 valence electrons. The summed E-state index contributed by atoms with van der Waals surface area (Å²) in [7, 11) is 0. The summed E-state index contributed by atoms with van der Waals surface area (Å²) in [5.74, 6) is -2.45. The van der Waals surface area contributed by atoms with Crippen molar-refractivity contribution >= 4 is 45.3 Å². The quantitative estimate of drug-likeness (QED) is 0.402. The fourth-order valence-electron chi connectivity index (χ4n) is 4.78. The van der Waals surface area contributed by atoms with Gasteiger partial charge in [-0.2, -0.15) is 0 Å². The van der Waals surface area contributed by atoms with E-state index in [9.17, 15) is 19.2 Å². The number of anilines is 1. The van der Waals surface area contributed by atoms with Gasteiger partial charge in [-0.15, -0.1) is 0 Å². The molecule has 4 rings (SSSR count). The molecule has 0 unspecified atom stereocenters. The highest BCUT2D eigenvalue weighted by molar-refractivity contribution is 9.10. The van der Waals surface area contributed by atoms with Gasteiger partial charge in [-0.05, 0) is 62.3 Å². The Morgan fingerprint density at radius 3 is 2.33 bits per heavy atom. The van der Waals surface area contributed by atoms with Crippen LogP contribution in [0, 0.1) is 37.5 Å². The van der Waals surface area contributed by atoms with Crippen LogP contribution in [0.1, 0.15) is 24.5 Å². The Morgan fingerprint density at radius 2 is 1.73 bits per heavy atom. The third-order valence-electron chi connectivity index (χ3n) is 6.57. The van der Waals surface area contributed by atoms with Crippen molar-refractivity contribution in [2.45, 2.75) is 33.2 Å². The lowest BCUT2D eigenvalue weighted by molar-refractivity contribution is -0.159. The Bertz CT molecular complexity index is 958. The maximum atomic E-state index is 12.8. The van der Waals surface area contributed by atoms with Crippen LogP contribution in [0.4, 0.5) is 5.69 Å². The van der Waals surface area contributed by atoms with Crippen LogP contribution in [-0.2, 0) is 23.9 Å². The Balaban J connectivity index is 1.35. The minimum Gasteiger partial charge on any atom is -0.454 e. The Kier molecular flexibility index (Phi) is 5.30. The molecule has 1 heterocycles. The first-order chi connectivity index (χ1) is 14.2. The molecular formula is C22H23BrN2O5. The van der Waals surface area contributed by atoms with Crippen molar-refractivity contribution in [1.29, 1.82) is 0 Å². The first kappa shape index (κ1) is 20.8. The van der Waals surface area contributed by atoms with E-state index in [1.807, 2.05) is 32.1 Å². The number of imide groups is 1.